The van der Waals surface area contributed by atoms with Crippen LogP contribution >= 0.6 is 0 Å². The second-order valence-electron chi connectivity index (χ2n) is 8.13. The lowest BCUT2D eigenvalue weighted by Crippen LogP contribution is -2.61. The number of carbonyl (C=O) groups excluding carboxylic acids is 4. The molecule has 0 saturated carbocycles. The molecule has 8 heteroatoms. The van der Waals surface area contributed by atoms with Crippen LogP contribution in [-0.4, -0.2) is 65.1 Å². The maximum Gasteiger partial charge on any atom is 0.262 e. The lowest BCUT2D eigenvalue weighted by atomic mass is 9.85. The molecule has 3 fully saturated rings. The van der Waals surface area contributed by atoms with E-state index in [4.69, 9.17) is 0 Å². The summed E-state index contributed by atoms with van der Waals surface area (Å²) in [6.07, 6.45) is 1.44. The van der Waals surface area contributed by atoms with E-state index < -0.39 is 23.8 Å². The number of amides is 4. The molecule has 2 N–H and O–H groups in total. The fourth-order valence-corrected chi connectivity index (χ4v) is 4.74. The van der Waals surface area contributed by atoms with Gasteiger partial charge in [0.1, 0.15) is 6.04 Å². The average molecular weight is 382 g/mol. The Bertz CT molecular complexity index is 898. The van der Waals surface area contributed by atoms with Gasteiger partial charge in [-0.3, -0.25) is 34.3 Å². The highest BCUT2D eigenvalue weighted by Crippen LogP contribution is 2.29. The lowest BCUT2D eigenvalue weighted by Gasteiger charge is -2.46. The van der Waals surface area contributed by atoms with Crippen LogP contribution in [0.25, 0.3) is 0 Å². The van der Waals surface area contributed by atoms with E-state index >= 15 is 0 Å². The zero-order valence-corrected chi connectivity index (χ0v) is 15.4. The Balaban J connectivity index is 1.34. The van der Waals surface area contributed by atoms with Crippen LogP contribution in [0.15, 0.2) is 18.2 Å². The zero-order chi connectivity index (χ0) is 19.4. The molecular formula is C20H22N4O4. The molecule has 0 spiro atoms. The normalized spacial score (nSPS) is 30.0. The van der Waals surface area contributed by atoms with Gasteiger partial charge in [-0.25, -0.2) is 0 Å². The van der Waals surface area contributed by atoms with Crippen LogP contribution in [0.4, 0.5) is 0 Å². The SMILES string of the molecule is O=C1CCC(N2C(=O)c3ccc(CN4CC[C@@H]5NC[C@@H]5C4)cc3C2=O)C(=O)N1. The van der Waals surface area contributed by atoms with Gasteiger partial charge in [-0.2, -0.15) is 0 Å². The fourth-order valence-electron chi connectivity index (χ4n) is 4.74. The van der Waals surface area contributed by atoms with Gasteiger partial charge in [0.05, 0.1) is 11.1 Å². The van der Waals surface area contributed by atoms with Gasteiger partial charge in [0, 0.05) is 32.1 Å². The number of imide groups is 2. The summed E-state index contributed by atoms with van der Waals surface area (Å²) in [5.41, 5.74) is 1.68. The Morgan fingerprint density at radius 2 is 1.86 bits per heavy atom. The Morgan fingerprint density at radius 3 is 2.57 bits per heavy atom. The summed E-state index contributed by atoms with van der Waals surface area (Å²) in [7, 11) is 0. The minimum Gasteiger partial charge on any atom is -0.313 e. The number of likely N-dealkylation sites (tertiary alicyclic amines) is 1. The maximum atomic E-state index is 12.9. The molecule has 5 rings (SSSR count). The van der Waals surface area contributed by atoms with Crippen molar-refractivity contribution in [2.24, 2.45) is 5.92 Å². The molecule has 0 radical (unpaired) electrons. The van der Waals surface area contributed by atoms with Crippen LogP contribution in [0.3, 0.4) is 0 Å². The molecule has 146 valence electrons. The van der Waals surface area contributed by atoms with E-state index in [1.807, 2.05) is 6.07 Å². The first-order valence-corrected chi connectivity index (χ1v) is 9.81. The van der Waals surface area contributed by atoms with Gasteiger partial charge >= 0.3 is 0 Å². The zero-order valence-electron chi connectivity index (χ0n) is 15.4. The predicted molar refractivity (Wildman–Crippen MR) is 98.3 cm³/mol. The number of hydrogen-bond donors (Lipinski definition) is 2. The summed E-state index contributed by atoms with van der Waals surface area (Å²) in [5.74, 6) is -1.15. The first kappa shape index (κ1) is 17.5. The van der Waals surface area contributed by atoms with Crippen molar-refractivity contribution in [2.45, 2.75) is 37.9 Å². The number of piperidine rings is 2. The number of carbonyl (C=O) groups is 4. The van der Waals surface area contributed by atoms with E-state index in [1.165, 1.54) is 0 Å². The topological polar surface area (TPSA) is 98.8 Å². The van der Waals surface area contributed by atoms with Crippen molar-refractivity contribution in [3.8, 4) is 0 Å². The van der Waals surface area contributed by atoms with Crippen LogP contribution in [0.2, 0.25) is 0 Å². The van der Waals surface area contributed by atoms with Gasteiger partial charge in [-0.1, -0.05) is 6.07 Å². The summed E-state index contributed by atoms with van der Waals surface area (Å²) in [4.78, 5) is 52.6. The third-order valence-electron chi connectivity index (χ3n) is 6.37. The Hall–Kier alpha value is -2.58. The molecule has 4 aliphatic heterocycles. The van der Waals surface area contributed by atoms with Gasteiger partial charge < -0.3 is 5.32 Å². The fraction of sp³-hybridized carbons (Fsp3) is 0.500. The highest BCUT2D eigenvalue weighted by atomic mass is 16.2. The molecule has 1 unspecified atom stereocenters. The largest absolute Gasteiger partial charge is 0.313 e. The number of rotatable bonds is 3. The van der Waals surface area contributed by atoms with Crippen LogP contribution in [-0.2, 0) is 16.1 Å². The van der Waals surface area contributed by atoms with Crippen molar-refractivity contribution in [3.63, 3.8) is 0 Å². The van der Waals surface area contributed by atoms with Crippen molar-refractivity contribution in [1.29, 1.82) is 0 Å². The Kier molecular flexibility index (Phi) is 4.06. The molecule has 4 heterocycles. The predicted octanol–water partition coefficient (Wildman–Crippen LogP) is -0.118. The molecule has 4 amide bonds. The van der Waals surface area contributed by atoms with Gasteiger partial charge in [0.25, 0.3) is 11.8 Å². The summed E-state index contributed by atoms with van der Waals surface area (Å²) >= 11 is 0. The molecule has 8 nitrogen and oxygen atoms in total. The van der Waals surface area contributed by atoms with Crippen LogP contribution in [0.1, 0.15) is 45.5 Å². The van der Waals surface area contributed by atoms with E-state index in [0.717, 1.165) is 43.1 Å². The molecule has 4 aliphatic rings. The number of nitrogens with zero attached hydrogens (tertiary/aromatic N) is 2. The molecule has 3 atom stereocenters. The van der Waals surface area contributed by atoms with Crippen molar-refractivity contribution < 1.29 is 19.2 Å². The second kappa shape index (κ2) is 6.49. The smallest absolute Gasteiger partial charge is 0.262 e. The van der Waals surface area contributed by atoms with E-state index in [-0.39, 0.29) is 18.7 Å². The highest BCUT2D eigenvalue weighted by Gasteiger charge is 2.44. The third kappa shape index (κ3) is 2.75. The van der Waals surface area contributed by atoms with Gasteiger partial charge in [0.15, 0.2) is 0 Å². The first-order chi connectivity index (χ1) is 13.5. The summed E-state index contributed by atoms with van der Waals surface area (Å²) in [5, 5.41) is 5.67. The monoisotopic (exact) mass is 382 g/mol. The van der Waals surface area contributed by atoms with Gasteiger partial charge in [-0.05, 0) is 43.0 Å². The number of hydrogen-bond acceptors (Lipinski definition) is 6. The van der Waals surface area contributed by atoms with Crippen LogP contribution in [0, 0.1) is 5.92 Å². The quantitative estimate of drug-likeness (QED) is 0.708. The summed E-state index contributed by atoms with van der Waals surface area (Å²) < 4.78 is 0. The minimum absolute atomic E-state index is 0.126. The van der Waals surface area contributed by atoms with Crippen molar-refractivity contribution in [2.75, 3.05) is 19.6 Å². The van der Waals surface area contributed by atoms with Crippen molar-refractivity contribution in [3.05, 3.63) is 34.9 Å². The third-order valence-corrected chi connectivity index (χ3v) is 6.37. The molecule has 0 bridgehead atoms. The first-order valence-electron chi connectivity index (χ1n) is 9.81. The molecule has 0 aromatic heterocycles. The molecule has 0 aliphatic carbocycles. The summed E-state index contributed by atoms with van der Waals surface area (Å²) in [6.45, 7) is 3.88. The van der Waals surface area contributed by atoms with E-state index in [0.29, 0.717) is 23.1 Å². The Morgan fingerprint density at radius 1 is 1.04 bits per heavy atom. The van der Waals surface area contributed by atoms with E-state index in [1.54, 1.807) is 12.1 Å². The highest BCUT2D eigenvalue weighted by molar-refractivity contribution is 6.23. The van der Waals surface area contributed by atoms with Crippen LogP contribution in [0.5, 0.6) is 0 Å². The average Bonchev–Trinajstić information content (AvgIpc) is 2.88. The van der Waals surface area contributed by atoms with E-state index in [2.05, 4.69) is 15.5 Å². The maximum absolute atomic E-state index is 12.9. The second-order valence-corrected chi connectivity index (χ2v) is 8.13. The number of benzene rings is 1. The summed E-state index contributed by atoms with van der Waals surface area (Å²) in [6, 6.07) is 5.10. The van der Waals surface area contributed by atoms with Crippen molar-refractivity contribution >= 4 is 23.6 Å². The molecule has 28 heavy (non-hydrogen) atoms. The number of fused-ring (bicyclic) bond motifs is 2. The minimum atomic E-state index is -0.918. The molecule has 3 saturated heterocycles. The standard InChI is InChI=1S/C20H22N4O4/c25-17-4-3-16(18(26)22-17)24-19(27)13-2-1-11(7-14(13)20(24)28)9-23-6-5-15-12(10-23)8-21-15/h1-2,7,12,15-16,21H,3-6,8-10H2,(H,22,25,26)/t12-,15+,16?/m1/s1. The Labute approximate surface area is 162 Å². The lowest BCUT2D eigenvalue weighted by molar-refractivity contribution is -0.136. The molecular weight excluding hydrogens is 360 g/mol. The number of nitrogens with one attached hydrogen (secondary N) is 2. The van der Waals surface area contributed by atoms with Crippen LogP contribution < -0.4 is 10.6 Å². The van der Waals surface area contributed by atoms with E-state index in [9.17, 15) is 19.2 Å². The van der Waals surface area contributed by atoms with Gasteiger partial charge in [-0.15, -0.1) is 0 Å². The van der Waals surface area contributed by atoms with Crippen molar-refractivity contribution in [1.82, 2.24) is 20.4 Å². The molecule has 1 aromatic carbocycles. The van der Waals surface area contributed by atoms with Gasteiger partial charge in [0.2, 0.25) is 11.8 Å². The molecule has 1 aromatic rings.